The lowest BCUT2D eigenvalue weighted by Crippen LogP contribution is -2.16. The molecule has 20 heavy (non-hydrogen) atoms. The number of primary amides is 1. The smallest absolute Gasteiger partial charge is 0.248 e. The van der Waals surface area contributed by atoms with E-state index in [9.17, 15) is 4.79 Å². The zero-order valence-corrected chi connectivity index (χ0v) is 11.2. The summed E-state index contributed by atoms with van der Waals surface area (Å²) in [5, 5.41) is 3.15. The molecular formula is C15H17N3O2. The molecule has 1 amide bonds. The molecule has 5 heteroatoms. The van der Waals surface area contributed by atoms with Gasteiger partial charge in [0, 0.05) is 25.4 Å². The third kappa shape index (κ3) is 3.55. The number of nitrogens with two attached hydrogens (primary N) is 1. The summed E-state index contributed by atoms with van der Waals surface area (Å²) in [7, 11) is 1.66. The second-order valence-corrected chi connectivity index (χ2v) is 4.31. The van der Waals surface area contributed by atoms with Gasteiger partial charge in [0.2, 0.25) is 5.91 Å². The number of ether oxygens (including phenoxy) is 1. The molecule has 0 spiro atoms. The third-order valence-electron chi connectivity index (χ3n) is 2.97. The first-order valence-corrected chi connectivity index (χ1v) is 6.28. The van der Waals surface area contributed by atoms with Gasteiger partial charge in [-0.1, -0.05) is 30.3 Å². The van der Waals surface area contributed by atoms with Crippen molar-refractivity contribution in [2.75, 3.05) is 19.0 Å². The van der Waals surface area contributed by atoms with Gasteiger partial charge in [-0.2, -0.15) is 0 Å². The molecule has 0 aliphatic carbocycles. The van der Waals surface area contributed by atoms with Crippen LogP contribution < -0.4 is 11.1 Å². The number of benzene rings is 1. The average molecular weight is 271 g/mol. The number of methoxy groups -OCH3 is 1. The number of nitrogens with one attached hydrogen (secondary N) is 1. The van der Waals surface area contributed by atoms with Gasteiger partial charge in [-0.25, -0.2) is 4.98 Å². The molecule has 2 aromatic rings. The van der Waals surface area contributed by atoms with Crippen molar-refractivity contribution in [2.45, 2.75) is 6.10 Å². The number of pyridine rings is 1. The van der Waals surface area contributed by atoms with E-state index >= 15 is 0 Å². The van der Waals surface area contributed by atoms with Crippen LogP contribution in [-0.4, -0.2) is 24.5 Å². The number of aromatic nitrogens is 1. The number of anilines is 1. The van der Waals surface area contributed by atoms with Crippen molar-refractivity contribution in [3.63, 3.8) is 0 Å². The number of rotatable bonds is 6. The number of carbonyl (C=O) groups excluding carboxylic acids is 1. The van der Waals surface area contributed by atoms with E-state index in [4.69, 9.17) is 10.5 Å². The van der Waals surface area contributed by atoms with Crippen molar-refractivity contribution in [3.8, 4) is 0 Å². The molecule has 1 heterocycles. The predicted octanol–water partition coefficient (Wildman–Crippen LogP) is 1.98. The van der Waals surface area contributed by atoms with Gasteiger partial charge in [0.1, 0.15) is 5.82 Å². The van der Waals surface area contributed by atoms with Crippen molar-refractivity contribution >= 4 is 11.7 Å². The Morgan fingerprint density at radius 1 is 1.35 bits per heavy atom. The maximum absolute atomic E-state index is 11.1. The van der Waals surface area contributed by atoms with Gasteiger partial charge in [0.05, 0.1) is 6.10 Å². The van der Waals surface area contributed by atoms with Crippen molar-refractivity contribution in [1.82, 2.24) is 4.98 Å². The number of carbonyl (C=O) groups is 1. The Morgan fingerprint density at radius 3 is 2.75 bits per heavy atom. The van der Waals surface area contributed by atoms with E-state index in [1.165, 1.54) is 0 Å². The van der Waals surface area contributed by atoms with Crippen molar-refractivity contribution in [3.05, 3.63) is 59.8 Å². The highest BCUT2D eigenvalue weighted by molar-refractivity contribution is 5.93. The zero-order valence-electron chi connectivity index (χ0n) is 11.2. The van der Waals surface area contributed by atoms with Crippen LogP contribution in [0.1, 0.15) is 22.0 Å². The lowest BCUT2D eigenvalue weighted by atomic mass is 10.1. The summed E-state index contributed by atoms with van der Waals surface area (Å²) >= 11 is 0. The highest BCUT2D eigenvalue weighted by Crippen LogP contribution is 2.17. The minimum atomic E-state index is -0.471. The lowest BCUT2D eigenvalue weighted by Gasteiger charge is -2.17. The number of nitrogens with zero attached hydrogens (tertiary/aromatic N) is 1. The molecule has 5 nitrogen and oxygen atoms in total. The summed E-state index contributed by atoms with van der Waals surface area (Å²) in [4.78, 5) is 15.3. The van der Waals surface area contributed by atoms with E-state index in [0.29, 0.717) is 17.9 Å². The zero-order chi connectivity index (χ0) is 14.4. The van der Waals surface area contributed by atoms with Crippen molar-refractivity contribution < 1.29 is 9.53 Å². The first-order chi connectivity index (χ1) is 9.70. The molecular weight excluding hydrogens is 254 g/mol. The summed E-state index contributed by atoms with van der Waals surface area (Å²) in [6, 6.07) is 13.1. The molecule has 0 aliphatic rings. The predicted molar refractivity (Wildman–Crippen MR) is 77.4 cm³/mol. The molecule has 2 rings (SSSR count). The van der Waals surface area contributed by atoms with Crippen LogP contribution in [-0.2, 0) is 4.74 Å². The molecule has 1 unspecified atom stereocenters. The van der Waals surface area contributed by atoms with Crippen molar-refractivity contribution in [1.29, 1.82) is 0 Å². The van der Waals surface area contributed by atoms with Crippen LogP contribution in [0.4, 0.5) is 5.82 Å². The summed E-state index contributed by atoms with van der Waals surface area (Å²) in [6.07, 6.45) is 1.46. The molecule has 0 aliphatic heterocycles. The van der Waals surface area contributed by atoms with E-state index < -0.39 is 5.91 Å². The van der Waals surface area contributed by atoms with Crippen LogP contribution >= 0.6 is 0 Å². The Hall–Kier alpha value is -2.40. The second-order valence-electron chi connectivity index (χ2n) is 4.31. The normalized spacial score (nSPS) is 11.8. The van der Waals surface area contributed by atoms with E-state index in [0.717, 1.165) is 5.56 Å². The topological polar surface area (TPSA) is 77.2 Å². The number of hydrogen-bond donors (Lipinski definition) is 2. The molecule has 104 valence electrons. The largest absolute Gasteiger partial charge is 0.375 e. The average Bonchev–Trinajstić information content (AvgIpc) is 2.49. The highest BCUT2D eigenvalue weighted by Gasteiger charge is 2.10. The molecule has 3 N–H and O–H groups in total. The maximum Gasteiger partial charge on any atom is 0.248 e. The fourth-order valence-electron chi connectivity index (χ4n) is 1.88. The summed E-state index contributed by atoms with van der Waals surface area (Å²) in [5.41, 5.74) is 6.74. The van der Waals surface area contributed by atoms with Gasteiger partial charge in [-0.15, -0.1) is 0 Å². The number of amides is 1. The van der Waals surface area contributed by atoms with Crippen LogP contribution in [0.3, 0.4) is 0 Å². The van der Waals surface area contributed by atoms with Crippen LogP contribution in [0, 0.1) is 0 Å². The second kappa shape index (κ2) is 6.68. The van der Waals surface area contributed by atoms with Gasteiger partial charge in [0.15, 0.2) is 0 Å². The lowest BCUT2D eigenvalue weighted by molar-refractivity contribution is 0.1000. The minimum absolute atomic E-state index is 0.0877. The summed E-state index contributed by atoms with van der Waals surface area (Å²) in [6.45, 7) is 0.551. The summed E-state index contributed by atoms with van der Waals surface area (Å²) < 4.78 is 5.45. The van der Waals surface area contributed by atoms with Gasteiger partial charge in [-0.05, 0) is 17.7 Å². The Morgan fingerprint density at radius 2 is 2.10 bits per heavy atom. The quantitative estimate of drug-likeness (QED) is 0.842. The van der Waals surface area contributed by atoms with E-state index in [1.807, 2.05) is 30.3 Å². The first-order valence-electron chi connectivity index (χ1n) is 6.28. The molecule has 0 radical (unpaired) electrons. The van der Waals surface area contributed by atoms with Gasteiger partial charge >= 0.3 is 0 Å². The van der Waals surface area contributed by atoms with Gasteiger partial charge in [0.25, 0.3) is 0 Å². The van der Waals surface area contributed by atoms with Gasteiger partial charge < -0.3 is 15.8 Å². The molecule has 0 saturated carbocycles. The van der Waals surface area contributed by atoms with Gasteiger partial charge in [-0.3, -0.25) is 4.79 Å². The summed E-state index contributed by atoms with van der Waals surface area (Å²) in [5.74, 6) is 0.126. The number of hydrogen-bond acceptors (Lipinski definition) is 4. The standard InChI is InChI=1S/C15H17N3O2/c1-20-13(11-5-3-2-4-6-11)10-18-14-9-12(15(16)19)7-8-17-14/h2-9,13H,10H2,1H3,(H2,16,19)(H,17,18). The minimum Gasteiger partial charge on any atom is -0.375 e. The Labute approximate surface area is 117 Å². The molecule has 1 aromatic carbocycles. The maximum atomic E-state index is 11.1. The van der Waals surface area contributed by atoms with E-state index in [-0.39, 0.29) is 6.10 Å². The molecule has 1 atom stereocenters. The van der Waals surface area contributed by atoms with Crippen LogP contribution in [0.15, 0.2) is 48.7 Å². The Balaban J connectivity index is 2.03. The third-order valence-corrected chi connectivity index (χ3v) is 2.97. The van der Waals surface area contributed by atoms with E-state index in [2.05, 4.69) is 10.3 Å². The Kier molecular flexibility index (Phi) is 4.68. The SMILES string of the molecule is COC(CNc1cc(C(N)=O)ccn1)c1ccccc1. The molecule has 0 fully saturated rings. The monoisotopic (exact) mass is 271 g/mol. The van der Waals surface area contributed by atoms with Crippen LogP contribution in [0.2, 0.25) is 0 Å². The Bertz CT molecular complexity index is 572. The van der Waals surface area contributed by atoms with Crippen molar-refractivity contribution in [2.24, 2.45) is 5.73 Å². The fourth-order valence-corrected chi connectivity index (χ4v) is 1.88. The fraction of sp³-hybridized carbons (Fsp3) is 0.200. The molecule has 0 bridgehead atoms. The highest BCUT2D eigenvalue weighted by atomic mass is 16.5. The van der Waals surface area contributed by atoms with Crippen LogP contribution in [0.25, 0.3) is 0 Å². The first kappa shape index (κ1) is 14.0. The van der Waals surface area contributed by atoms with Crippen LogP contribution in [0.5, 0.6) is 0 Å². The molecule has 1 aromatic heterocycles. The molecule has 0 saturated heterocycles. The van der Waals surface area contributed by atoms with E-state index in [1.54, 1.807) is 25.4 Å².